The minimum absolute atomic E-state index is 0.152. The number of carbonyl (C=O) groups is 1. The molecule has 1 unspecified atom stereocenters. The number of carbonyl (C=O) groups excluding carboxylic acids is 1. The standard InChI is InChI=1S/C20H24N2O2/c23-20(24-15-17-9-5-2-6-10-17)19-12-11-18(14-22-19)21-13-16-7-3-1-4-8-16/h1-10,18-19,21-22H,11-15H2/t18?,19-/m0/s1. The maximum atomic E-state index is 12.2. The Morgan fingerprint density at radius 1 is 1.00 bits per heavy atom. The SMILES string of the molecule is O=C(OCc1ccccc1)[C@@H]1CCC(NCc2ccccc2)CN1. The first kappa shape index (κ1) is 16.7. The van der Waals surface area contributed by atoms with Crippen LogP contribution in [0.4, 0.5) is 0 Å². The Hall–Kier alpha value is -2.17. The van der Waals surface area contributed by atoms with E-state index < -0.39 is 0 Å². The molecule has 1 saturated heterocycles. The van der Waals surface area contributed by atoms with E-state index in [2.05, 4.69) is 34.9 Å². The smallest absolute Gasteiger partial charge is 0.323 e. The average Bonchev–Trinajstić information content (AvgIpc) is 2.66. The highest BCUT2D eigenvalue weighted by atomic mass is 16.5. The molecule has 126 valence electrons. The van der Waals surface area contributed by atoms with E-state index >= 15 is 0 Å². The third-order valence-corrected chi connectivity index (χ3v) is 4.36. The van der Waals surface area contributed by atoms with E-state index in [0.717, 1.165) is 31.5 Å². The average molecular weight is 324 g/mol. The molecule has 0 amide bonds. The summed E-state index contributed by atoms with van der Waals surface area (Å²) in [7, 11) is 0. The quantitative estimate of drug-likeness (QED) is 0.802. The van der Waals surface area contributed by atoms with Crippen molar-refractivity contribution in [3.63, 3.8) is 0 Å². The fraction of sp³-hybridized carbons (Fsp3) is 0.350. The third-order valence-electron chi connectivity index (χ3n) is 4.36. The normalized spacial score (nSPS) is 20.5. The monoisotopic (exact) mass is 324 g/mol. The zero-order chi connectivity index (χ0) is 16.6. The van der Waals surface area contributed by atoms with Crippen molar-refractivity contribution in [2.75, 3.05) is 6.54 Å². The van der Waals surface area contributed by atoms with Crippen LogP contribution in [-0.4, -0.2) is 24.6 Å². The van der Waals surface area contributed by atoms with Gasteiger partial charge in [0.2, 0.25) is 0 Å². The summed E-state index contributed by atoms with van der Waals surface area (Å²) in [5.74, 6) is -0.152. The summed E-state index contributed by atoms with van der Waals surface area (Å²) < 4.78 is 5.41. The van der Waals surface area contributed by atoms with Crippen LogP contribution in [0.2, 0.25) is 0 Å². The van der Waals surface area contributed by atoms with Gasteiger partial charge < -0.3 is 15.4 Å². The molecule has 3 rings (SSSR count). The lowest BCUT2D eigenvalue weighted by Crippen LogP contribution is -2.50. The van der Waals surface area contributed by atoms with Gasteiger partial charge in [-0.1, -0.05) is 60.7 Å². The van der Waals surface area contributed by atoms with Gasteiger partial charge in [-0.3, -0.25) is 4.79 Å². The molecule has 2 atom stereocenters. The van der Waals surface area contributed by atoms with E-state index in [0.29, 0.717) is 12.6 Å². The van der Waals surface area contributed by atoms with Gasteiger partial charge in [0.15, 0.2) is 0 Å². The molecular weight excluding hydrogens is 300 g/mol. The Labute approximate surface area is 143 Å². The van der Waals surface area contributed by atoms with Crippen LogP contribution < -0.4 is 10.6 Å². The van der Waals surface area contributed by atoms with Gasteiger partial charge in [-0.15, -0.1) is 0 Å². The fourth-order valence-corrected chi connectivity index (χ4v) is 2.92. The van der Waals surface area contributed by atoms with Gasteiger partial charge in [-0.2, -0.15) is 0 Å². The number of nitrogens with one attached hydrogen (secondary N) is 2. The topological polar surface area (TPSA) is 50.4 Å². The first-order chi connectivity index (χ1) is 11.8. The predicted octanol–water partition coefficient (Wildman–Crippen LogP) is 2.64. The van der Waals surface area contributed by atoms with E-state index in [9.17, 15) is 4.79 Å². The molecular formula is C20H24N2O2. The Kier molecular flexibility index (Phi) is 5.99. The van der Waals surface area contributed by atoms with Crippen molar-refractivity contribution in [1.29, 1.82) is 0 Å². The van der Waals surface area contributed by atoms with Crippen molar-refractivity contribution in [3.8, 4) is 0 Å². The Morgan fingerprint density at radius 2 is 1.67 bits per heavy atom. The lowest BCUT2D eigenvalue weighted by molar-refractivity contribution is -0.148. The molecule has 0 aliphatic carbocycles. The maximum absolute atomic E-state index is 12.2. The molecule has 1 aliphatic rings. The van der Waals surface area contributed by atoms with Gasteiger partial charge in [0.05, 0.1) is 0 Å². The predicted molar refractivity (Wildman–Crippen MR) is 94.3 cm³/mol. The zero-order valence-corrected chi connectivity index (χ0v) is 13.8. The number of hydrogen-bond donors (Lipinski definition) is 2. The third kappa shape index (κ3) is 4.91. The van der Waals surface area contributed by atoms with Crippen LogP contribution in [0, 0.1) is 0 Å². The molecule has 0 aromatic heterocycles. The molecule has 2 aromatic carbocycles. The second-order valence-corrected chi connectivity index (χ2v) is 6.19. The largest absolute Gasteiger partial charge is 0.460 e. The van der Waals surface area contributed by atoms with Gasteiger partial charge in [0, 0.05) is 19.1 Å². The molecule has 2 N–H and O–H groups in total. The molecule has 1 fully saturated rings. The van der Waals surface area contributed by atoms with Gasteiger partial charge in [-0.25, -0.2) is 0 Å². The molecule has 2 aromatic rings. The molecule has 4 nitrogen and oxygen atoms in total. The van der Waals surface area contributed by atoms with Crippen molar-refractivity contribution in [1.82, 2.24) is 10.6 Å². The first-order valence-corrected chi connectivity index (χ1v) is 8.52. The zero-order valence-electron chi connectivity index (χ0n) is 13.8. The molecule has 0 radical (unpaired) electrons. The molecule has 1 heterocycles. The van der Waals surface area contributed by atoms with Gasteiger partial charge in [-0.05, 0) is 24.0 Å². The summed E-state index contributed by atoms with van der Waals surface area (Å²) in [5.41, 5.74) is 2.30. The molecule has 24 heavy (non-hydrogen) atoms. The minimum Gasteiger partial charge on any atom is -0.460 e. The number of ether oxygens (including phenoxy) is 1. The highest BCUT2D eigenvalue weighted by Gasteiger charge is 2.26. The maximum Gasteiger partial charge on any atom is 0.323 e. The Bertz CT molecular complexity index is 623. The highest BCUT2D eigenvalue weighted by molar-refractivity contribution is 5.75. The van der Waals surface area contributed by atoms with Crippen LogP contribution in [0.25, 0.3) is 0 Å². The van der Waals surface area contributed by atoms with Gasteiger partial charge in [0.1, 0.15) is 12.6 Å². The molecule has 4 heteroatoms. The second-order valence-electron chi connectivity index (χ2n) is 6.19. The number of esters is 1. The Balaban J connectivity index is 1.37. The van der Waals surface area contributed by atoms with Crippen molar-refractivity contribution in [3.05, 3.63) is 71.8 Å². The highest BCUT2D eigenvalue weighted by Crippen LogP contribution is 2.12. The molecule has 1 aliphatic heterocycles. The van der Waals surface area contributed by atoms with Crippen LogP contribution in [-0.2, 0) is 22.7 Å². The fourth-order valence-electron chi connectivity index (χ4n) is 2.92. The van der Waals surface area contributed by atoms with Gasteiger partial charge in [0.25, 0.3) is 0 Å². The summed E-state index contributed by atoms with van der Waals surface area (Å²) in [6, 6.07) is 20.3. The molecule has 0 saturated carbocycles. The minimum atomic E-state index is -0.191. The van der Waals surface area contributed by atoms with Crippen LogP contribution in [0.1, 0.15) is 24.0 Å². The summed E-state index contributed by atoms with van der Waals surface area (Å²) in [4.78, 5) is 12.2. The van der Waals surface area contributed by atoms with E-state index in [4.69, 9.17) is 4.74 Å². The van der Waals surface area contributed by atoms with Gasteiger partial charge >= 0.3 is 5.97 Å². The second kappa shape index (κ2) is 8.62. The lowest BCUT2D eigenvalue weighted by Gasteiger charge is -2.29. The Morgan fingerprint density at radius 3 is 2.29 bits per heavy atom. The van der Waals surface area contributed by atoms with Crippen molar-refractivity contribution in [2.24, 2.45) is 0 Å². The van der Waals surface area contributed by atoms with Crippen LogP contribution in [0.15, 0.2) is 60.7 Å². The van der Waals surface area contributed by atoms with E-state index in [1.165, 1.54) is 5.56 Å². The van der Waals surface area contributed by atoms with E-state index in [1.54, 1.807) is 0 Å². The lowest BCUT2D eigenvalue weighted by atomic mass is 10.0. The van der Waals surface area contributed by atoms with Crippen molar-refractivity contribution >= 4 is 5.97 Å². The first-order valence-electron chi connectivity index (χ1n) is 8.52. The number of rotatable bonds is 6. The van der Waals surface area contributed by atoms with E-state index in [1.807, 2.05) is 36.4 Å². The molecule has 0 bridgehead atoms. The van der Waals surface area contributed by atoms with Crippen LogP contribution >= 0.6 is 0 Å². The number of hydrogen-bond acceptors (Lipinski definition) is 4. The van der Waals surface area contributed by atoms with Crippen molar-refractivity contribution in [2.45, 2.75) is 38.1 Å². The van der Waals surface area contributed by atoms with Crippen LogP contribution in [0.5, 0.6) is 0 Å². The molecule has 0 spiro atoms. The van der Waals surface area contributed by atoms with Crippen molar-refractivity contribution < 1.29 is 9.53 Å². The summed E-state index contributed by atoms with van der Waals surface area (Å²) in [6.45, 7) is 1.99. The number of piperidine rings is 1. The summed E-state index contributed by atoms with van der Waals surface area (Å²) in [5, 5.41) is 6.85. The van der Waals surface area contributed by atoms with Crippen LogP contribution in [0.3, 0.4) is 0 Å². The summed E-state index contributed by atoms with van der Waals surface area (Å²) in [6.07, 6.45) is 1.78. The van der Waals surface area contributed by atoms with E-state index in [-0.39, 0.29) is 12.0 Å². The number of benzene rings is 2. The summed E-state index contributed by atoms with van der Waals surface area (Å²) >= 11 is 0.